The summed E-state index contributed by atoms with van der Waals surface area (Å²) in [5.74, 6) is -3.95. The van der Waals surface area contributed by atoms with Crippen LogP contribution in [0.2, 0.25) is 0 Å². The number of carboxylic acids is 1. The Balaban J connectivity index is 0.00000451. The number of fused-ring (bicyclic) bond motifs is 1. The minimum Gasteiger partial charge on any atom is -0.543 e. The van der Waals surface area contributed by atoms with Gasteiger partial charge in [0.15, 0.2) is 11.2 Å². The number of nitrogens with one attached hydrogen (secondary N) is 1. The standard InChI is InChI=1S/C31H30N6O8S2.Na/c32-30-34-24(36-47-30)20(25(39)33-21-26(40)37-22(28(41)42)19(15-38)16-46-27(21)37)35-45-31(13-7-8-14-31)29(43)44-23(17-9-3-1-4-10-17)18-11-5-2-6-12-18;/h1-6,9-12,21,23,27,38H,7-8,13-16H2,(H,33,39)(H,41,42)(H2,32,34,36);/q;+1/p-1/b35-20-;/t21-,27-;/m1./s1. The van der Waals surface area contributed by atoms with Crippen LogP contribution in [0.25, 0.3) is 0 Å². The Morgan fingerprint density at radius 3 is 2.27 bits per heavy atom. The topological polar surface area (TPSA) is 209 Å². The number of aliphatic hydroxyl groups is 1. The second-order valence-electron chi connectivity index (χ2n) is 11.1. The van der Waals surface area contributed by atoms with Gasteiger partial charge in [-0.05, 0) is 29.5 Å². The molecule has 17 heteroatoms. The summed E-state index contributed by atoms with van der Waals surface area (Å²) in [5, 5.41) is 27.2. The Kier molecular flexibility index (Phi) is 11.2. The van der Waals surface area contributed by atoms with Crippen molar-refractivity contribution in [3.63, 3.8) is 0 Å². The predicted molar refractivity (Wildman–Crippen MR) is 168 cm³/mol. The fraction of sp³-hybridized carbons (Fsp3) is 0.323. The van der Waals surface area contributed by atoms with Gasteiger partial charge in [-0.15, -0.1) is 11.8 Å². The number of nitrogen functional groups attached to an aromatic ring is 1. The molecule has 1 saturated carbocycles. The van der Waals surface area contributed by atoms with E-state index >= 15 is 0 Å². The van der Waals surface area contributed by atoms with Crippen molar-refractivity contribution >= 4 is 57.9 Å². The summed E-state index contributed by atoms with van der Waals surface area (Å²) in [7, 11) is 0. The summed E-state index contributed by atoms with van der Waals surface area (Å²) >= 11 is 1.98. The number of hydrogen-bond acceptors (Lipinski definition) is 14. The fourth-order valence-corrected chi connectivity index (χ4v) is 7.50. The number of thioether (sulfide) groups is 1. The molecule has 2 aromatic carbocycles. The molecule has 0 bridgehead atoms. The largest absolute Gasteiger partial charge is 1.00 e. The van der Waals surface area contributed by atoms with Crippen LogP contribution in [-0.2, 0) is 28.8 Å². The van der Waals surface area contributed by atoms with Gasteiger partial charge < -0.3 is 35.6 Å². The fourth-order valence-electron chi connectivity index (χ4n) is 5.73. The van der Waals surface area contributed by atoms with Gasteiger partial charge in [-0.25, -0.2) is 4.79 Å². The van der Waals surface area contributed by atoms with E-state index in [0.717, 1.165) is 27.6 Å². The third-order valence-electron chi connectivity index (χ3n) is 8.11. The van der Waals surface area contributed by atoms with Crippen molar-refractivity contribution in [1.29, 1.82) is 0 Å². The molecule has 0 spiro atoms. The van der Waals surface area contributed by atoms with Crippen molar-refractivity contribution in [1.82, 2.24) is 19.6 Å². The quantitative estimate of drug-likeness (QED) is 0.0646. The molecular weight excluding hydrogens is 671 g/mol. The van der Waals surface area contributed by atoms with Crippen LogP contribution in [0, 0.1) is 0 Å². The second kappa shape index (κ2) is 15.2. The van der Waals surface area contributed by atoms with Crippen molar-refractivity contribution in [2.24, 2.45) is 5.16 Å². The van der Waals surface area contributed by atoms with E-state index in [2.05, 4.69) is 19.8 Å². The molecule has 6 rings (SSSR count). The number of carbonyl (C=O) groups excluding carboxylic acids is 4. The van der Waals surface area contributed by atoms with E-state index in [1.165, 1.54) is 11.8 Å². The molecular formula is C31H29N6NaO8S2. The zero-order valence-electron chi connectivity index (χ0n) is 25.7. The van der Waals surface area contributed by atoms with Crippen molar-refractivity contribution in [3.05, 3.63) is 88.9 Å². The number of nitrogens with zero attached hydrogens (tertiary/aromatic N) is 4. The van der Waals surface area contributed by atoms with Gasteiger partial charge in [-0.1, -0.05) is 65.8 Å². The van der Waals surface area contributed by atoms with Crippen LogP contribution in [0.3, 0.4) is 0 Å². The van der Waals surface area contributed by atoms with E-state index in [4.69, 9.17) is 15.3 Å². The Morgan fingerprint density at radius 1 is 1.10 bits per heavy atom. The summed E-state index contributed by atoms with van der Waals surface area (Å²) in [6, 6.07) is 17.4. The summed E-state index contributed by atoms with van der Waals surface area (Å²) < 4.78 is 10.2. The number of esters is 1. The molecule has 2 amide bonds. The van der Waals surface area contributed by atoms with E-state index in [-0.39, 0.29) is 64.7 Å². The molecule has 3 heterocycles. The number of ether oxygens (including phenoxy) is 1. The summed E-state index contributed by atoms with van der Waals surface area (Å²) in [6.07, 6.45) is 1.10. The summed E-state index contributed by atoms with van der Waals surface area (Å²) in [4.78, 5) is 63.3. The van der Waals surface area contributed by atoms with Crippen LogP contribution < -0.4 is 45.7 Å². The third-order valence-corrected chi connectivity index (χ3v) is 9.99. The van der Waals surface area contributed by atoms with Gasteiger partial charge in [-0.3, -0.25) is 14.5 Å². The van der Waals surface area contributed by atoms with Crippen LogP contribution in [-0.4, -0.2) is 78.2 Å². The molecule has 0 unspecified atom stereocenters. The number of amides is 2. The zero-order chi connectivity index (χ0) is 33.1. The first-order valence-corrected chi connectivity index (χ1v) is 16.5. The number of anilines is 1. The number of nitrogens with two attached hydrogens (primary N) is 1. The minimum absolute atomic E-state index is 0. The molecule has 0 radical (unpaired) electrons. The van der Waals surface area contributed by atoms with Gasteiger partial charge in [0.2, 0.25) is 17.1 Å². The van der Waals surface area contributed by atoms with Crippen LogP contribution in [0.4, 0.5) is 5.13 Å². The van der Waals surface area contributed by atoms with E-state index in [1.807, 2.05) is 60.7 Å². The number of hydrogen-bond donors (Lipinski definition) is 3. The molecule has 2 fully saturated rings. The van der Waals surface area contributed by atoms with Gasteiger partial charge in [-0.2, -0.15) is 9.36 Å². The minimum atomic E-state index is -1.61. The number of benzene rings is 2. The number of oxime groups is 1. The first-order valence-electron chi connectivity index (χ1n) is 14.7. The molecule has 1 aromatic heterocycles. The van der Waals surface area contributed by atoms with Crippen LogP contribution >= 0.6 is 23.3 Å². The molecule has 3 aromatic rings. The third kappa shape index (κ3) is 6.99. The molecule has 3 aliphatic rings. The Morgan fingerprint density at radius 2 is 1.73 bits per heavy atom. The normalized spacial score (nSPS) is 20.0. The molecule has 1 aliphatic carbocycles. The van der Waals surface area contributed by atoms with Crippen LogP contribution in [0.5, 0.6) is 0 Å². The first-order chi connectivity index (χ1) is 22.7. The number of carbonyl (C=O) groups is 4. The molecule has 1 saturated heterocycles. The molecule has 2 atom stereocenters. The van der Waals surface area contributed by atoms with Crippen LogP contribution in [0.1, 0.15) is 48.7 Å². The molecule has 14 nitrogen and oxygen atoms in total. The van der Waals surface area contributed by atoms with E-state index in [1.54, 1.807) is 0 Å². The Hall–Kier alpha value is -3.80. The average molecular weight is 701 g/mol. The van der Waals surface area contributed by atoms with Gasteiger partial charge in [0.25, 0.3) is 11.8 Å². The number of aromatic nitrogens is 2. The molecule has 2 aliphatic heterocycles. The van der Waals surface area contributed by atoms with Crippen molar-refractivity contribution in [2.75, 3.05) is 18.1 Å². The van der Waals surface area contributed by atoms with Gasteiger partial charge >= 0.3 is 35.5 Å². The average Bonchev–Trinajstić information content (AvgIpc) is 3.76. The smallest absolute Gasteiger partial charge is 0.543 e. The van der Waals surface area contributed by atoms with Crippen molar-refractivity contribution in [3.8, 4) is 0 Å². The van der Waals surface area contributed by atoms with Gasteiger partial charge in [0.05, 0.1) is 18.3 Å². The van der Waals surface area contributed by atoms with E-state index in [0.29, 0.717) is 12.8 Å². The summed E-state index contributed by atoms with van der Waals surface area (Å²) in [6.45, 7) is -0.559. The zero-order valence-corrected chi connectivity index (χ0v) is 29.4. The molecule has 244 valence electrons. The maximum absolute atomic E-state index is 13.9. The maximum Gasteiger partial charge on any atom is 1.00 e. The van der Waals surface area contributed by atoms with Gasteiger partial charge in [0, 0.05) is 30.1 Å². The molecule has 4 N–H and O–H groups in total. The first kappa shape index (κ1) is 35.5. The second-order valence-corrected chi connectivity index (χ2v) is 12.9. The van der Waals surface area contributed by atoms with Crippen molar-refractivity contribution < 1.29 is 68.5 Å². The molecule has 48 heavy (non-hydrogen) atoms. The van der Waals surface area contributed by atoms with Gasteiger partial charge in [0.1, 0.15) is 11.4 Å². The Labute approximate surface area is 305 Å². The number of aliphatic carboxylic acids is 1. The SMILES string of the molecule is Nc1nc(/C(=N/OC2(C(=O)OC(c3ccccc3)c3ccccc3)CCCC2)C(=O)N[C@@H]2C(=O)N3C(C(=O)[O-])=C(CO)CS[C@H]23)ns1.[Na+]. The number of carboxylic acid groups (broad SMARTS) is 1. The number of aliphatic hydroxyl groups excluding tert-OH is 1. The van der Waals surface area contributed by atoms with Crippen molar-refractivity contribution in [2.45, 2.75) is 48.8 Å². The monoisotopic (exact) mass is 700 g/mol. The van der Waals surface area contributed by atoms with Crippen LogP contribution in [0.15, 0.2) is 77.1 Å². The number of rotatable bonds is 11. The predicted octanol–water partition coefficient (Wildman–Crippen LogP) is -2.11. The van der Waals surface area contributed by atoms with E-state index in [9.17, 15) is 29.4 Å². The van der Waals surface area contributed by atoms with E-state index < -0.39 is 64.9 Å². The summed E-state index contributed by atoms with van der Waals surface area (Å²) in [5.41, 5.74) is 5.07. The maximum atomic E-state index is 13.9. The number of β-lactam (4-membered cyclic amide) rings is 1. The Bertz CT molecular complexity index is 1710.